The van der Waals surface area contributed by atoms with Gasteiger partial charge in [0.15, 0.2) is 0 Å². The van der Waals surface area contributed by atoms with Crippen LogP contribution < -0.4 is 11.1 Å². The zero-order valence-electron chi connectivity index (χ0n) is 11.6. The van der Waals surface area contributed by atoms with Crippen molar-refractivity contribution < 1.29 is 22.8 Å². The molecule has 0 spiro atoms. The second-order valence-corrected chi connectivity index (χ2v) is 4.57. The molecule has 0 aliphatic heterocycles. The van der Waals surface area contributed by atoms with Crippen LogP contribution in [0.4, 0.5) is 13.2 Å². The number of carbonyl (C=O) groups excluding carboxylic acids is 2. The first-order chi connectivity index (χ1) is 10.3. The van der Waals surface area contributed by atoms with Gasteiger partial charge < -0.3 is 11.1 Å². The molecule has 0 bridgehead atoms. The number of terminal acetylenes is 1. The normalized spacial score (nSPS) is 12.3. The molecular weight excluding hydrogens is 297 g/mol. The number of alkyl halides is 3. The van der Waals surface area contributed by atoms with E-state index in [0.29, 0.717) is 12.8 Å². The summed E-state index contributed by atoms with van der Waals surface area (Å²) in [6.45, 7) is 0. The van der Waals surface area contributed by atoms with Crippen molar-refractivity contribution in [2.24, 2.45) is 5.73 Å². The highest BCUT2D eigenvalue weighted by molar-refractivity contribution is 5.98. The lowest BCUT2D eigenvalue weighted by Gasteiger charge is -2.17. The SMILES string of the molecule is C#CCCC[C@@H](NC(=O)c1ccccc1C(F)(F)F)C(N)=O. The molecule has 118 valence electrons. The van der Waals surface area contributed by atoms with Crippen molar-refractivity contribution in [2.75, 3.05) is 0 Å². The molecule has 0 fully saturated rings. The van der Waals surface area contributed by atoms with E-state index in [-0.39, 0.29) is 6.42 Å². The number of hydrogen-bond donors (Lipinski definition) is 2. The standard InChI is InChI=1S/C15H15F3N2O2/c1-2-3-4-9-12(13(19)21)20-14(22)10-7-5-6-8-11(10)15(16,17)18/h1,5-8,12H,3-4,9H2,(H2,19,21)(H,20,22)/t12-/m1/s1. The van der Waals surface area contributed by atoms with Crippen LogP contribution in [0.3, 0.4) is 0 Å². The molecule has 3 N–H and O–H groups in total. The Morgan fingerprint density at radius 3 is 2.50 bits per heavy atom. The summed E-state index contributed by atoms with van der Waals surface area (Å²) in [5, 5.41) is 2.22. The second kappa shape index (κ2) is 7.50. The zero-order valence-corrected chi connectivity index (χ0v) is 11.6. The summed E-state index contributed by atoms with van der Waals surface area (Å²) < 4.78 is 38.6. The van der Waals surface area contributed by atoms with Gasteiger partial charge in [0.05, 0.1) is 11.1 Å². The molecule has 1 aromatic carbocycles. The van der Waals surface area contributed by atoms with Gasteiger partial charge in [-0.05, 0) is 25.0 Å². The summed E-state index contributed by atoms with van der Waals surface area (Å²) in [5.41, 5.74) is 3.51. The van der Waals surface area contributed by atoms with Gasteiger partial charge in [-0.2, -0.15) is 13.2 Å². The van der Waals surface area contributed by atoms with Crippen molar-refractivity contribution in [3.63, 3.8) is 0 Å². The van der Waals surface area contributed by atoms with Crippen molar-refractivity contribution in [3.8, 4) is 12.3 Å². The van der Waals surface area contributed by atoms with Gasteiger partial charge in [-0.3, -0.25) is 9.59 Å². The number of nitrogens with two attached hydrogens (primary N) is 1. The fourth-order valence-electron chi connectivity index (χ4n) is 1.86. The lowest BCUT2D eigenvalue weighted by atomic mass is 10.0. The molecule has 22 heavy (non-hydrogen) atoms. The minimum absolute atomic E-state index is 0.166. The molecule has 1 rings (SSSR count). The highest BCUT2D eigenvalue weighted by Crippen LogP contribution is 2.31. The third kappa shape index (κ3) is 4.81. The van der Waals surface area contributed by atoms with Gasteiger partial charge in [-0.15, -0.1) is 12.3 Å². The molecule has 4 nitrogen and oxygen atoms in total. The number of nitrogens with one attached hydrogen (secondary N) is 1. The summed E-state index contributed by atoms with van der Waals surface area (Å²) in [7, 11) is 0. The fraction of sp³-hybridized carbons (Fsp3) is 0.333. The molecule has 2 amide bonds. The van der Waals surface area contributed by atoms with Gasteiger partial charge in [0.2, 0.25) is 5.91 Å². The topological polar surface area (TPSA) is 72.2 Å². The smallest absolute Gasteiger partial charge is 0.368 e. The van der Waals surface area contributed by atoms with Crippen molar-refractivity contribution in [1.29, 1.82) is 0 Å². The summed E-state index contributed by atoms with van der Waals surface area (Å²) in [4.78, 5) is 23.3. The molecule has 0 aliphatic rings. The van der Waals surface area contributed by atoms with Crippen molar-refractivity contribution in [3.05, 3.63) is 35.4 Å². The van der Waals surface area contributed by atoms with E-state index < -0.39 is 35.2 Å². The van der Waals surface area contributed by atoms with E-state index in [1.165, 1.54) is 12.1 Å². The number of amides is 2. The Morgan fingerprint density at radius 1 is 1.32 bits per heavy atom. The predicted octanol–water partition coefficient (Wildman–Crippen LogP) is 2.09. The lowest BCUT2D eigenvalue weighted by molar-refractivity contribution is -0.137. The van der Waals surface area contributed by atoms with Gasteiger partial charge in [0, 0.05) is 6.42 Å². The highest BCUT2D eigenvalue weighted by atomic mass is 19.4. The van der Waals surface area contributed by atoms with Gasteiger partial charge in [-0.1, -0.05) is 12.1 Å². The monoisotopic (exact) mass is 312 g/mol. The molecule has 0 saturated heterocycles. The number of benzene rings is 1. The molecule has 0 aliphatic carbocycles. The highest BCUT2D eigenvalue weighted by Gasteiger charge is 2.35. The Bertz CT molecular complexity index is 591. The Hall–Kier alpha value is -2.49. The van der Waals surface area contributed by atoms with Crippen LogP contribution in [-0.2, 0) is 11.0 Å². The number of unbranched alkanes of at least 4 members (excludes halogenated alkanes) is 1. The number of rotatable bonds is 6. The lowest BCUT2D eigenvalue weighted by Crippen LogP contribution is -2.44. The Morgan fingerprint density at radius 2 is 1.95 bits per heavy atom. The molecule has 0 heterocycles. The third-order valence-corrected chi connectivity index (χ3v) is 2.94. The minimum Gasteiger partial charge on any atom is -0.368 e. The van der Waals surface area contributed by atoms with Gasteiger partial charge in [-0.25, -0.2) is 0 Å². The first-order valence-corrected chi connectivity index (χ1v) is 6.47. The fourth-order valence-corrected chi connectivity index (χ4v) is 1.86. The van der Waals surface area contributed by atoms with Crippen molar-refractivity contribution in [1.82, 2.24) is 5.32 Å². The van der Waals surface area contributed by atoms with Crippen LogP contribution in [0.25, 0.3) is 0 Å². The number of primary amides is 1. The summed E-state index contributed by atoms with van der Waals surface area (Å²) in [6, 6.07) is 3.26. The van der Waals surface area contributed by atoms with Crippen molar-refractivity contribution in [2.45, 2.75) is 31.5 Å². The maximum absolute atomic E-state index is 12.9. The molecule has 1 atom stereocenters. The Kier molecular flexibility index (Phi) is 5.99. The maximum Gasteiger partial charge on any atom is 0.417 e. The van der Waals surface area contributed by atoms with Crippen LogP contribution in [0.2, 0.25) is 0 Å². The minimum atomic E-state index is -4.67. The van der Waals surface area contributed by atoms with E-state index in [9.17, 15) is 22.8 Å². The van der Waals surface area contributed by atoms with Crippen LogP contribution in [0.1, 0.15) is 35.2 Å². The third-order valence-electron chi connectivity index (χ3n) is 2.94. The van der Waals surface area contributed by atoms with Gasteiger partial charge in [0.1, 0.15) is 6.04 Å². The molecule has 0 unspecified atom stereocenters. The van der Waals surface area contributed by atoms with Crippen LogP contribution >= 0.6 is 0 Å². The zero-order chi connectivity index (χ0) is 16.8. The van der Waals surface area contributed by atoms with Crippen LogP contribution in [0.15, 0.2) is 24.3 Å². The molecule has 0 saturated carbocycles. The van der Waals surface area contributed by atoms with Gasteiger partial charge >= 0.3 is 6.18 Å². The van der Waals surface area contributed by atoms with E-state index in [0.717, 1.165) is 12.1 Å². The summed E-state index contributed by atoms with van der Waals surface area (Å²) in [6.07, 6.45) is 1.37. The number of halogens is 3. The van der Waals surface area contributed by atoms with Crippen LogP contribution in [0, 0.1) is 12.3 Å². The summed E-state index contributed by atoms with van der Waals surface area (Å²) >= 11 is 0. The molecule has 1 aromatic rings. The predicted molar refractivity (Wildman–Crippen MR) is 74.6 cm³/mol. The van der Waals surface area contributed by atoms with Crippen LogP contribution in [0.5, 0.6) is 0 Å². The molecule has 0 aromatic heterocycles. The van der Waals surface area contributed by atoms with E-state index in [1.807, 2.05) is 0 Å². The van der Waals surface area contributed by atoms with Crippen LogP contribution in [-0.4, -0.2) is 17.9 Å². The average molecular weight is 312 g/mol. The second-order valence-electron chi connectivity index (χ2n) is 4.57. The molecule has 7 heteroatoms. The Balaban J connectivity index is 2.92. The maximum atomic E-state index is 12.9. The van der Waals surface area contributed by atoms with E-state index in [2.05, 4.69) is 11.2 Å². The largest absolute Gasteiger partial charge is 0.417 e. The quantitative estimate of drug-likeness (QED) is 0.623. The number of carbonyl (C=O) groups is 2. The summed E-state index contributed by atoms with van der Waals surface area (Å²) in [5.74, 6) is 0.536. The van der Waals surface area contributed by atoms with E-state index in [4.69, 9.17) is 12.2 Å². The van der Waals surface area contributed by atoms with Gasteiger partial charge in [0.25, 0.3) is 5.91 Å². The average Bonchev–Trinajstić information content (AvgIpc) is 2.45. The van der Waals surface area contributed by atoms with Crippen molar-refractivity contribution >= 4 is 11.8 Å². The first-order valence-electron chi connectivity index (χ1n) is 6.47. The van der Waals surface area contributed by atoms with E-state index >= 15 is 0 Å². The number of hydrogen-bond acceptors (Lipinski definition) is 2. The Labute approximate surface area is 125 Å². The first kappa shape index (κ1) is 17.6. The van der Waals surface area contributed by atoms with E-state index in [1.54, 1.807) is 0 Å². The molecule has 0 radical (unpaired) electrons. The molecular formula is C15H15F3N2O2.